The predicted molar refractivity (Wildman–Crippen MR) is 127 cm³/mol. The SMILES string of the molecule is CNC(=O)c1ccc(C=CCCNC(=O)OCC2c3ccccc3-c3ccccc32)cc1. The van der Waals surface area contributed by atoms with Gasteiger partial charge in [0.05, 0.1) is 0 Å². The smallest absolute Gasteiger partial charge is 0.407 e. The van der Waals surface area contributed by atoms with E-state index in [-0.39, 0.29) is 11.8 Å². The number of hydrogen-bond donors (Lipinski definition) is 2. The quantitative estimate of drug-likeness (QED) is 0.523. The van der Waals surface area contributed by atoms with E-state index < -0.39 is 6.09 Å². The van der Waals surface area contributed by atoms with E-state index in [9.17, 15) is 9.59 Å². The second kappa shape index (κ2) is 9.96. The summed E-state index contributed by atoms with van der Waals surface area (Å²) in [4.78, 5) is 23.8. The lowest BCUT2D eigenvalue weighted by molar-refractivity contribution is 0.0963. The van der Waals surface area contributed by atoms with Crippen LogP contribution in [-0.4, -0.2) is 32.2 Å². The van der Waals surface area contributed by atoms with Crippen molar-refractivity contribution in [2.75, 3.05) is 20.2 Å². The number of rotatable bonds is 7. The van der Waals surface area contributed by atoms with Crippen molar-refractivity contribution in [3.63, 3.8) is 0 Å². The average molecular weight is 427 g/mol. The zero-order valence-electron chi connectivity index (χ0n) is 18.0. The first-order chi connectivity index (χ1) is 15.7. The minimum atomic E-state index is -0.407. The molecule has 4 rings (SSSR count). The summed E-state index contributed by atoms with van der Waals surface area (Å²) in [6.07, 6.45) is 4.22. The summed E-state index contributed by atoms with van der Waals surface area (Å²) in [6.45, 7) is 0.802. The van der Waals surface area contributed by atoms with E-state index in [1.54, 1.807) is 19.2 Å². The maximum Gasteiger partial charge on any atom is 0.407 e. The molecule has 0 saturated carbocycles. The molecule has 0 aliphatic heterocycles. The number of benzene rings is 3. The standard InChI is InChI=1S/C27H26N2O3/c1-28-26(30)20-15-13-19(14-16-20)8-6-7-17-29-27(31)32-18-25-23-11-4-2-9-21(23)22-10-3-5-12-24(22)25/h2-6,8-16,25H,7,17-18H2,1H3,(H,28,30)(H,29,31). The zero-order chi connectivity index (χ0) is 22.3. The van der Waals surface area contributed by atoms with Crippen LogP contribution in [0.2, 0.25) is 0 Å². The number of amides is 2. The fraction of sp³-hybridized carbons (Fsp3) is 0.185. The van der Waals surface area contributed by atoms with Crippen LogP contribution in [0.1, 0.15) is 39.4 Å². The van der Waals surface area contributed by atoms with Gasteiger partial charge in [-0.1, -0.05) is 72.8 Å². The first-order valence-corrected chi connectivity index (χ1v) is 10.7. The number of carbonyl (C=O) groups excluding carboxylic acids is 2. The molecule has 0 fully saturated rings. The van der Waals surface area contributed by atoms with E-state index in [2.05, 4.69) is 34.9 Å². The van der Waals surface area contributed by atoms with Crippen molar-refractivity contribution in [2.45, 2.75) is 12.3 Å². The summed E-state index contributed by atoms with van der Waals surface area (Å²) in [6, 6.07) is 23.9. The Kier molecular flexibility index (Phi) is 6.66. The van der Waals surface area contributed by atoms with Crippen LogP contribution >= 0.6 is 0 Å². The second-order valence-electron chi connectivity index (χ2n) is 7.64. The minimum Gasteiger partial charge on any atom is -0.449 e. The summed E-state index contributed by atoms with van der Waals surface area (Å²) in [5.74, 6) is -0.0429. The highest BCUT2D eigenvalue weighted by atomic mass is 16.5. The molecule has 162 valence electrons. The molecule has 0 aromatic heterocycles. The summed E-state index contributed by atoms with van der Waals surface area (Å²) in [7, 11) is 1.61. The summed E-state index contributed by atoms with van der Waals surface area (Å²) < 4.78 is 5.54. The molecule has 0 radical (unpaired) electrons. The Morgan fingerprint density at radius 1 is 0.906 bits per heavy atom. The molecule has 5 nitrogen and oxygen atoms in total. The molecular formula is C27H26N2O3. The van der Waals surface area contributed by atoms with Crippen LogP contribution in [0, 0.1) is 0 Å². The van der Waals surface area contributed by atoms with E-state index in [1.165, 1.54) is 22.3 Å². The molecule has 0 bridgehead atoms. The zero-order valence-corrected chi connectivity index (χ0v) is 18.0. The molecule has 3 aromatic rings. The largest absolute Gasteiger partial charge is 0.449 e. The van der Waals surface area contributed by atoms with Crippen LogP contribution in [0.4, 0.5) is 4.79 Å². The van der Waals surface area contributed by atoms with Crippen molar-refractivity contribution in [3.05, 3.63) is 101 Å². The van der Waals surface area contributed by atoms with E-state index in [4.69, 9.17) is 4.74 Å². The maximum absolute atomic E-state index is 12.2. The Hall–Kier alpha value is -3.86. The van der Waals surface area contributed by atoms with Gasteiger partial charge < -0.3 is 15.4 Å². The van der Waals surface area contributed by atoms with Gasteiger partial charge in [0.2, 0.25) is 0 Å². The van der Waals surface area contributed by atoms with Crippen LogP contribution in [-0.2, 0) is 4.74 Å². The van der Waals surface area contributed by atoms with Gasteiger partial charge >= 0.3 is 6.09 Å². The first-order valence-electron chi connectivity index (χ1n) is 10.7. The summed E-state index contributed by atoms with van der Waals surface area (Å²) in [5.41, 5.74) is 6.45. The minimum absolute atomic E-state index is 0.0609. The molecule has 0 spiro atoms. The lowest BCUT2D eigenvalue weighted by Crippen LogP contribution is -2.26. The Morgan fingerprint density at radius 2 is 1.53 bits per heavy atom. The predicted octanol–water partition coefficient (Wildman–Crippen LogP) is 4.99. The molecule has 0 heterocycles. The van der Waals surface area contributed by atoms with Gasteiger partial charge in [0, 0.05) is 25.1 Å². The molecule has 1 aliphatic carbocycles. The molecule has 5 heteroatoms. The highest BCUT2D eigenvalue weighted by molar-refractivity contribution is 5.94. The molecule has 2 amide bonds. The number of nitrogens with one attached hydrogen (secondary N) is 2. The number of hydrogen-bond acceptors (Lipinski definition) is 3. The fourth-order valence-electron chi connectivity index (χ4n) is 4.02. The first kappa shape index (κ1) is 21.4. The average Bonchev–Trinajstić information content (AvgIpc) is 3.16. The van der Waals surface area contributed by atoms with Crippen LogP contribution in [0.3, 0.4) is 0 Å². The third kappa shape index (κ3) is 4.72. The Morgan fingerprint density at radius 3 is 2.16 bits per heavy atom. The molecular weight excluding hydrogens is 400 g/mol. The molecule has 3 aromatic carbocycles. The van der Waals surface area contributed by atoms with E-state index in [0.29, 0.717) is 25.1 Å². The van der Waals surface area contributed by atoms with Gasteiger partial charge in [-0.05, 0) is 46.4 Å². The lowest BCUT2D eigenvalue weighted by Gasteiger charge is -2.14. The maximum atomic E-state index is 12.2. The summed E-state index contributed by atoms with van der Waals surface area (Å²) in [5, 5.41) is 5.41. The van der Waals surface area contributed by atoms with Gasteiger partial charge in [-0.25, -0.2) is 4.79 Å². The highest BCUT2D eigenvalue weighted by Crippen LogP contribution is 2.44. The van der Waals surface area contributed by atoms with Crippen LogP contribution in [0.25, 0.3) is 17.2 Å². The third-order valence-corrected chi connectivity index (χ3v) is 5.63. The Labute approximate surface area is 188 Å². The Bertz CT molecular complexity index is 1090. The highest BCUT2D eigenvalue weighted by Gasteiger charge is 2.28. The van der Waals surface area contributed by atoms with E-state index in [1.807, 2.05) is 48.6 Å². The normalized spacial score (nSPS) is 12.3. The van der Waals surface area contributed by atoms with Gasteiger partial charge in [0.15, 0.2) is 0 Å². The lowest BCUT2D eigenvalue weighted by atomic mass is 9.98. The van der Waals surface area contributed by atoms with Gasteiger partial charge in [-0.2, -0.15) is 0 Å². The van der Waals surface area contributed by atoms with Crippen molar-refractivity contribution >= 4 is 18.1 Å². The Balaban J connectivity index is 1.24. The van der Waals surface area contributed by atoms with E-state index >= 15 is 0 Å². The van der Waals surface area contributed by atoms with Crippen LogP contribution in [0.5, 0.6) is 0 Å². The van der Waals surface area contributed by atoms with Crippen LogP contribution < -0.4 is 10.6 Å². The van der Waals surface area contributed by atoms with Gasteiger partial charge in [-0.15, -0.1) is 0 Å². The molecule has 0 atom stereocenters. The number of ether oxygens (including phenoxy) is 1. The van der Waals surface area contributed by atoms with Gasteiger partial charge in [-0.3, -0.25) is 4.79 Å². The summed E-state index contributed by atoms with van der Waals surface area (Å²) >= 11 is 0. The van der Waals surface area contributed by atoms with Crippen molar-refractivity contribution in [1.29, 1.82) is 0 Å². The van der Waals surface area contributed by atoms with Crippen molar-refractivity contribution in [1.82, 2.24) is 10.6 Å². The molecule has 32 heavy (non-hydrogen) atoms. The molecule has 0 saturated heterocycles. The third-order valence-electron chi connectivity index (χ3n) is 5.63. The topological polar surface area (TPSA) is 67.4 Å². The van der Waals surface area contributed by atoms with E-state index in [0.717, 1.165) is 5.56 Å². The monoisotopic (exact) mass is 426 g/mol. The van der Waals surface area contributed by atoms with Crippen molar-refractivity contribution < 1.29 is 14.3 Å². The molecule has 2 N–H and O–H groups in total. The number of carbonyl (C=O) groups is 2. The number of alkyl carbamates (subject to hydrolysis) is 1. The fourth-order valence-corrected chi connectivity index (χ4v) is 4.02. The number of fused-ring (bicyclic) bond motifs is 3. The van der Waals surface area contributed by atoms with Crippen molar-refractivity contribution in [3.8, 4) is 11.1 Å². The second-order valence-corrected chi connectivity index (χ2v) is 7.64. The van der Waals surface area contributed by atoms with Crippen molar-refractivity contribution in [2.24, 2.45) is 0 Å². The van der Waals surface area contributed by atoms with Crippen LogP contribution in [0.15, 0.2) is 78.9 Å². The van der Waals surface area contributed by atoms with Gasteiger partial charge in [0.25, 0.3) is 5.91 Å². The molecule has 1 aliphatic rings. The molecule has 0 unspecified atom stereocenters. The van der Waals surface area contributed by atoms with Gasteiger partial charge in [0.1, 0.15) is 6.61 Å².